The fraction of sp³-hybridized carbons (Fsp3) is 0.438. The van der Waals surface area contributed by atoms with Gasteiger partial charge in [0.15, 0.2) is 6.79 Å². The van der Waals surface area contributed by atoms with Gasteiger partial charge in [0.2, 0.25) is 0 Å². The van der Waals surface area contributed by atoms with E-state index in [9.17, 15) is 0 Å². The molecule has 0 radical (unpaired) electrons. The van der Waals surface area contributed by atoms with E-state index in [-0.39, 0.29) is 0 Å². The lowest BCUT2D eigenvalue weighted by Gasteiger charge is -2.08. The van der Waals surface area contributed by atoms with Crippen molar-refractivity contribution in [1.82, 2.24) is 15.1 Å². The zero-order chi connectivity index (χ0) is 14.9. The summed E-state index contributed by atoms with van der Waals surface area (Å²) >= 11 is 0. The Morgan fingerprint density at radius 2 is 2.05 bits per heavy atom. The van der Waals surface area contributed by atoms with Crippen molar-refractivity contribution in [3.05, 3.63) is 47.8 Å². The van der Waals surface area contributed by atoms with Crippen LogP contribution in [0.1, 0.15) is 18.1 Å². The third-order valence-corrected chi connectivity index (χ3v) is 3.05. The molecule has 5 heteroatoms. The fourth-order valence-electron chi connectivity index (χ4n) is 1.91. The number of nitrogens with zero attached hydrogens (tertiary/aromatic N) is 2. The maximum atomic E-state index is 5.43. The normalized spacial score (nSPS) is 10.8. The second-order valence-corrected chi connectivity index (χ2v) is 4.86. The molecule has 2 aromatic rings. The minimum absolute atomic E-state index is 0.303. The van der Waals surface area contributed by atoms with Crippen LogP contribution >= 0.6 is 0 Å². The van der Waals surface area contributed by atoms with Gasteiger partial charge < -0.3 is 14.8 Å². The number of nitrogens with one attached hydrogen (secondary N) is 1. The molecule has 0 amide bonds. The van der Waals surface area contributed by atoms with Crippen molar-refractivity contribution >= 4 is 0 Å². The van der Waals surface area contributed by atoms with E-state index < -0.39 is 0 Å². The van der Waals surface area contributed by atoms with E-state index in [1.54, 1.807) is 0 Å². The van der Waals surface area contributed by atoms with Gasteiger partial charge in [-0.05, 0) is 37.1 Å². The highest BCUT2D eigenvalue weighted by Crippen LogP contribution is 2.12. The quantitative estimate of drug-likeness (QED) is 0.568. The second-order valence-electron chi connectivity index (χ2n) is 4.86. The predicted octanol–water partition coefficient (Wildman–Crippen LogP) is 2.35. The summed E-state index contributed by atoms with van der Waals surface area (Å²) in [5.74, 6) is 0.833. The number of ether oxygens (including phenoxy) is 2. The minimum Gasteiger partial charge on any atom is -0.468 e. The topological polar surface area (TPSA) is 48.3 Å². The molecule has 0 spiro atoms. The first kappa shape index (κ1) is 15.5. The lowest BCUT2D eigenvalue weighted by atomic mass is 10.2. The molecule has 0 aliphatic heterocycles. The van der Waals surface area contributed by atoms with E-state index >= 15 is 0 Å². The van der Waals surface area contributed by atoms with Gasteiger partial charge in [0.05, 0.1) is 12.7 Å². The zero-order valence-electron chi connectivity index (χ0n) is 12.7. The SMILES string of the molecule is CCOCOc1ccc(CNCCn2cc(C)cn2)cc1. The summed E-state index contributed by atoms with van der Waals surface area (Å²) < 4.78 is 12.5. The monoisotopic (exact) mass is 289 g/mol. The highest BCUT2D eigenvalue weighted by Gasteiger charge is 1.97. The van der Waals surface area contributed by atoms with Crippen LogP contribution in [-0.2, 0) is 17.8 Å². The second kappa shape index (κ2) is 8.44. The summed E-state index contributed by atoms with van der Waals surface area (Å²) in [6.07, 6.45) is 3.92. The molecular weight excluding hydrogens is 266 g/mol. The molecule has 1 aromatic carbocycles. The summed E-state index contributed by atoms with van der Waals surface area (Å²) in [4.78, 5) is 0. The number of aryl methyl sites for hydroxylation is 1. The van der Waals surface area contributed by atoms with Crippen molar-refractivity contribution < 1.29 is 9.47 Å². The number of benzene rings is 1. The molecule has 1 N–H and O–H groups in total. The Labute approximate surface area is 125 Å². The van der Waals surface area contributed by atoms with Gasteiger partial charge >= 0.3 is 0 Å². The molecule has 2 rings (SSSR count). The Morgan fingerprint density at radius 1 is 1.24 bits per heavy atom. The van der Waals surface area contributed by atoms with Crippen LogP contribution in [0.4, 0.5) is 0 Å². The standard InChI is InChI=1S/C16H23N3O2/c1-3-20-13-21-16-6-4-15(5-7-16)11-17-8-9-19-12-14(2)10-18-19/h4-7,10,12,17H,3,8-9,11,13H2,1-2H3. The molecule has 0 aliphatic carbocycles. The van der Waals surface area contributed by atoms with Crippen LogP contribution < -0.4 is 10.1 Å². The Hall–Kier alpha value is -1.85. The lowest BCUT2D eigenvalue weighted by Crippen LogP contribution is -2.19. The molecule has 21 heavy (non-hydrogen) atoms. The average molecular weight is 289 g/mol. The van der Waals surface area contributed by atoms with Gasteiger partial charge in [-0.2, -0.15) is 5.10 Å². The number of rotatable bonds is 9. The van der Waals surface area contributed by atoms with E-state index in [0.717, 1.165) is 25.4 Å². The fourth-order valence-corrected chi connectivity index (χ4v) is 1.91. The van der Waals surface area contributed by atoms with Gasteiger partial charge in [-0.15, -0.1) is 0 Å². The van der Waals surface area contributed by atoms with Crippen LogP contribution in [0, 0.1) is 6.92 Å². The molecule has 0 unspecified atom stereocenters. The van der Waals surface area contributed by atoms with E-state index in [1.807, 2.05) is 43.1 Å². The van der Waals surface area contributed by atoms with Gasteiger partial charge in [-0.3, -0.25) is 4.68 Å². The van der Waals surface area contributed by atoms with Crippen LogP contribution in [0.3, 0.4) is 0 Å². The third kappa shape index (κ3) is 5.57. The summed E-state index contributed by atoms with van der Waals surface area (Å²) in [5.41, 5.74) is 2.42. The van der Waals surface area contributed by atoms with E-state index in [2.05, 4.69) is 22.5 Å². The van der Waals surface area contributed by atoms with Crippen molar-refractivity contribution in [2.75, 3.05) is 19.9 Å². The molecule has 1 aromatic heterocycles. The summed E-state index contributed by atoms with van der Waals surface area (Å²) in [6, 6.07) is 8.05. The number of aromatic nitrogens is 2. The average Bonchev–Trinajstić information content (AvgIpc) is 2.91. The van der Waals surface area contributed by atoms with Crippen molar-refractivity contribution in [2.24, 2.45) is 0 Å². The molecule has 0 atom stereocenters. The summed E-state index contributed by atoms with van der Waals surface area (Å²) in [6.45, 7) is 7.57. The van der Waals surface area contributed by atoms with Crippen LogP contribution in [-0.4, -0.2) is 29.7 Å². The highest BCUT2D eigenvalue weighted by molar-refractivity contribution is 5.27. The van der Waals surface area contributed by atoms with Crippen molar-refractivity contribution in [3.63, 3.8) is 0 Å². The Balaban J connectivity index is 1.66. The first-order valence-electron chi connectivity index (χ1n) is 7.27. The smallest absolute Gasteiger partial charge is 0.189 e. The number of hydrogen-bond acceptors (Lipinski definition) is 4. The maximum absolute atomic E-state index is 5.43. The Morgan fingerprint density at radius 3 is 2.71 bits per heavy atom. The van der Waals surface area contributed by atoms with E-state index in [0.29, 0.717) is 13.4 Å². The molecule has 0 aliphatic rings. The summed E-state index contributed by atoms with van der Waals surface area (Å²) in [7, 11) is 0. The first-order chi connectivity index (χ1) is 10.3. The van der Waals surface area contributed by atoms with E-state index in [4.69, 9.17) is 9.47 Å². The zero-order valence-corrected chi connectivity index (χ0v) is 12.7. The molecule has 114 valence electrons. The molecule has 1 heterocycles. The number of hydrogen-bond donors (Lipinski definition) is 1. The third-order valence-electron chi connectivity index (χ3n) is 3.05. The summed E-state index contributed by atoms with van der Waals surface area (Å²) in [5, 5.41) is 7.66. The van der Waals surface area contributed by atoms with Crippen LogP contribution in [0.25, 0.3) is 0 Å². The molecule has 0 saturated carbocycles. The maximum Gasteiger partial charge on any atom is 0.189 e. The molecule has 5 nitrogen and oxygen atoms in total. The predicted molar refractivity (Wildman–Crippen MR) is 82.2 cm³/mol. The van der Waals surface area contributed by atoms with Crippen LogP contribution in [0.2, 0.25) is 0 Å². The molecule has 0 saturated heterocycles. The Kier molecular flexibility index (Phi) is 6.24. The van der Waals surface area contributed by atoms with E-state index in [1.165, 1.54) is 11.1 Å². The van der Waals surface area contributed by atoms with Gasteiger partial charge in [-0.25, -0.2) is 0 Å². The lowest BCUT2D eigenvalue weighted by molar-refractivity contribution is 0.0224. The Bertz CT molecular complexity index is 523. The van der Waals surface area contributed by atoms with Gasteiger partial charge in [0, 0.05) is 25.9 Å². The highest BCUT2D eigenvalue weighted by atomic mass is 16.7. The van der Waals surface area contributed by atoms with Crippen molar-refractivity contribution in [1.29, 1.82) is 0 Å². The van der Waals surface area contributed by atoms with Crippen molar-refractivity contribution in [3.8, 4) is 5.75 Å². The molecular formula is C16H23N3O2. The van der Waals surface area contributed by atoms with Crippen LogP contribution in [0.5, 0.6) is 5.75 Å². The largest absolute Gasteiger partial charge is 0.468 e. The molecule has 0 fully saturated rings. The van der Waals surface area contributed by atoms with Gasteiger partial charge in [0.25, 0.3) is 0 Å². The van der Waals surface area contributed by atoms with Crippen molar-refractivity contribution in [2.45, 2.75) is 26.9 Å². The van der Waals surface area contributed by atoms with Gasteiger partial charge in [0.1, 0.15) is 5.75 Å². The molecule has 0 bridgehead atoms. The van der Waals surface area contributed by atoms with Gasteiger partial charge in [-0.1, -0.05) is 12.1 Å². The minimum atomic E-state index is 0.303. The first-order valence-corrected chi connectivity index (χ1v) is 7.27. The van der Waals surface area contributed by atoms with Crippen LogP contribution in [0.15, 0.2) is 36.7 Å².